The number of halogens is 3. The van der Waals surface area contributed by atoms with Gasteiger partial charge in [-0.3, -0.25) is 14.0 Å². The lowest BCUT2D eigenvalue weighted by Crippen LogP contribution is -2.29. The molecule has 1 fully saturated rings. The maximum absolute atomic E-state index is 13.9. The number of aromatic amines is 1. The molecule has 10 heteroatoms. The molecule has 0 radical (unpaired) electrons. The summed E-state index contributed by atoms with van der Waals surface area (Å²) >= 11 is 0. The smallest absolute Gasteiger partial charge is 0.294 e. The van der Waals surface area contributed by atoms with E-state index in [1.807, 2.05) is 17.4 Å². The van der Waals surface area contributed by atoms with Crippen molar-refractivity contribution in [2.75, 3.05) is 11.4 Å². The minimum absolute atomic E-state index is 0. The lowest BCUT2D eigenvalue weighted by Gasteiger charge is -2.19. The van der Waals surface area contributed by atoms with E-state index < -0.39 is 11.6 Å². The molecule has 1 N–H and O–H groups in total. The van der Waals surface area contributed by atoms with E-state index in [1.54, 1.807) is 6.07 Å². The third kappa shape index (κ3) is 3.29. The first-order chi connectivity index (χ1) is 15.9. The number of nitrogens with one attached hydrogen (secondary N) is 1. The molecule has 3 heterocycles. The summed E-state index contributed by atoms with van der Waals surface area (Å²) in [5.74, 6) is -1.19. The normalized spacial score (nSPS) is 15.8. The lowest BCUT2D eigenvalue weighted by molar-refractivity contribution is 0.0989. The van der Waals surface area contributed by atoms with E-state index in [4.69, 9.17) is 0 Å². The summed E-state index contributed by atoms with van der Waals surface area (Å²) in [6.45, 7) is 2.16. The minimum atomic E-state index is -0.984. The summed E-state index contributed by atoms with van der Waals surface area (Å²) in [4.78, 5) is 30.4. The van der Waals surface area contributed by atoms with Crippen LogP contribution in [0.5, 0.6) is 0 Å². The number of aryl methyl sites for hydroxylation is 1. The van der Waals surface area contributed by atoms with E-state index in [-0.39, 0.29) is 35.4 Å². The van der Waals surface area contributed by atoms with Gasteiger partial charge >= 0.3 is 0 Å². The van der Waals surface area contributed by atoms with Gasteiger partial charge in [-0.2, -0.15) is 0 Å². The van der Waals surface area contributed by atoms with Crippen LogP contribution in [0.25, 0.3) is 16.7 Å². The van der Waals surface area contributed by atoms with Gasteiger partial charge < -0.3 is 9.88 Å². The summed E-state index contributed by atoms with van der Waals surface area (Å²) in [6.07, 6.45) is 4.72. The molecular formula is C24H22ClF2N5O2. The van der Waals surface area contributed by atoms with Crippen molar-refractivity contribution in [1.29, 1.82) is 0 Å². The van der Waals surface area contributed by atoms with E-state index in [1.165, 1.54) is 4.90 Å². The quantitative estimate of drug-likeness (QED) is 0.455. The van der Waals surface area contributed by atoms with Gasteiger partial charge in [-0.25, -0.2) is 8.78 Å². The molecule has 0 bridgehead atoms. The van der Waals surface area contributed by atoms with Crippen molar-refractivity contribution in [2.24, 2.45) is 0 Å². The van der Waals surface area contributed by atoms with E-state index in [0.29, 0.717) is 40.9 Å². The first kappa shape index (κ1) is 22.5. The summed E-state index contributed by atoms with van der Waals surface area (Å²) < 4.78 is 29.3. The molecule has 2 aliphatic rings. The number of anilines is 1. The van der Waals surface area contributed by atoms with Crippen LogP contribution in [0.2, 0.25) is 0 Å². The number of carbonyl (C=O) groups excluding carboxylic acids is 1. The van der Waals surface area contributed by atoms with Gasteiger partial charge in [0.15, 0.2) is 11.6 Å². The summed E-state index contributed by atoms with van der Waals surface area (Å²) in [7, 11) is 0. The number of benzene rings is 2. The van der Waals surface area contributed by atoms with Gasteiger partial charge in [0.1, 0.15) is 5.82 Å². The Morgan fingerprint density at radius 2 is 1.82 bits per heavy atom. The van der Waals surface area contributed by atoms with Crippen LogP contribution in [0.3, 0.4) is 0 Å². The predicted octanol–water partition coefficient (Wildman–Crippen LogP) is 4.44. The summed E-state index contributed by atoms with van der Waals surface area (Å²) in [6, 6.07) is 5.73. The van der Waals surface area contributed by atoms with Gasteiger partial charge in [-0.05, 0) is 55.5 Å². The molecule has 2 aromatic carbocycles. The predicted molar refractivity (Wildman–Crippen MR) is 126 cm³/mol. The topological polar surface area (TPSA) is 83.4 Å². The highest BCUT2D eigenvalue weighted by molar-refractivity contribution is 6.09. The van der Waals surface area contributed by atoms with Crippen LogP contribution in [0, 0.1) is 18.6 Å². The van der Waals surface area contributed by atoms with Gasteiger partial charge in [0.05, 0.1) is 16.7 Å². The molecule has 7 nitrogen and oxygen atoms in total. The van der Waals surface area contributed by atoms with Crippen molar-refractivity contribution in [1.82, 2.24) is 19.6 Å². The van der Waals surface area contributed by atoms with Crippen molar-refractivity contribution in [3.63, 3.8) is 0 Å². The molecule has 2 aromatic heterocycles. The van der Waals surface area contributed by atoms with Gasteiger partial charge in [0.2, 0.25) is 5.65 Å². The molecule has 0 saturated heterocycles. The minimum Gasteiger partial charge on any atom is -0.317 e. The maximum Gasteiger partial charge on any atom is 0.294 e. The molecule has 1 aliphatic heterocycles. The highest BCUT2D eigenvalue weighted by Gasteiger charge is 2.29. The number of nitrogens with zero attached hydrogens (tertiary/aromatic N) is 4. The van der Waals surface area contributed by atoms with Crippen molar-refractivity contribution in [3.8, 4) is 0 Å². The van der Waals surface area contributed by atoms with E-state index in [2.05, 4.69) is 15.2 Å². The van der Waals surface area contributed by atoms with Crippen molar-refractivity contribution in [2.45, 2.75) is 44.9 Å². The number of amides is 1. The summed E-state index contributed by atoms with van der Waals surface area (Å²) in [5.41, 5.74) is 3.20. The fourth-order valence-corrected chi connectivity index (χ4v) is 5.25. The SMILES string of the molecule is Cc1cc2c(cc1C(=O)N1CCc3cc(F)c(F)cc31)[nH]c(=O)c1nnc(C3CCCC3)n12.Cl. The molecular weight excluding hydrogens is 464 g/mol. The number of carbonyl (C=O) groups is 1. The second-order valence-electron chi connectivity index (χ2n) is 8.94. The number of aromatic nitrogens is 4. The zero-order valence-electron chi connectivity index (χ0n) is 18.4. The van der Waals surface area contributed by atoms with Gasteiger partial charge in [0.25, 0.3) is 11.5 Å². The Labute approximate surface area is 199 Å². The fourth-order valence-electron chi connectivity index (χ4n) is 5.25. The molecule has 1 saturated carbocycles. The Hall–Kier alpha value is -3.33. The zero-order valence-corrected chi connectivity index (χ0v) is 19.2. The number of rotatable bonds is 2. The Kier molecular flexibility index (Phi) is 5.39. The first-order valence-electron chi connectivity index (χ1n) is 11.1. The second kappa shape index (κ2) is 8.16. The van der Waals surface area contributed by atoms with Crippen LogP contribution in [-0.2, 0) is 6.42 Å². The molecule has 34 heavy (non-hydrogen) atoms. The maximum atomic E-state index is 13.9. The fraction of sp³-hybridized carbons (Fsp3) is 0.333. The molecule has 1 aliphatic carbocycles. The average molecular weight is 486 g/mol. The first-order valence-corrected chi connectivity index (χ1v) is 11.1. The third-order valence-corrected chi connectivity index (χ3v) is 6.94. The number of hydrogen-bond acceptors (Lipinski definition) is 4. The summed E-state index contributed by atoms with van der Waals surface area (Å²) in [5, 5.41) is 8.46. The Morgan fingerprint density at radius 3 is 2.59 bits per heavy atom. The van der Waals surface area contributed by atoms with Crippen molar-refractivity contribution in [3.05, 3.63) is 68.8 Å². The number of hydrogen-bond donors (Lipinski definition) is 1. The molecule has 1 amide bonds. The van der Waals surface area contributed by atoms with Gasteiger partial charge in [0, 0.05) is 24.1 Å². The van der Waals surface area contributed by atoms with Crippen LogP contribution in [0.4, 0.5) is 14.5 Å². The van der Waals surface area contributed by atoms with Crippen molar-refractivity contribution >= 4 is 40.7 Å². The third-order valence-electron chi connectivity index (χ3n) is 6.94. The monoisotopic (exact) mass is 485 g/mol. The number of fused-ring (bicyclic) bond motifs is 4. The molecule has 0 spiro atoms. The van der Waals surface area contributed by atoms with Crippen LogP contribution < -0.4 is 10.5 Å². The highest BCUT2D eigenvalue weighted by atomic mass is 35.5. The number of H-pyrrole nitrogens is 1. The standard InChI is InChI=1S/C24H21F2N5O2.ClH/c1-12-8-20-18(27-23(32)22-29-28-21(31(20)22)13-4-2-3-5-13)10-15(12)24(33)30-7-6-14-9-16(25)17(26)11-19(14)30;/h8-11,13H,2-7H2,1H3,(H,27,32);1H. The van der Waals surface area contributed by atoms with Gasteiger partial charge in [-0.15, -0.1) is 22.6 Å². The largest absolute Gasteiger partial charge is 0.317 e. The second-order valence-corrected chi connectivity index (χ2v) is 8.94. The van der Waals surface area contributed by atoms with Gasteiger partial charge in [-0.1, -0.05) is 12.8 Å². The van der Waals surface area contributed by atoms with E-state index >= 15 is 0 Å². The molecule has 6 rings (SSSR count). The highest BCUT2D eigenvalue weighted by Crippen LogP contribution is 2.35. The lowest BCUT2D eigenvalue weighted by atomic mass is 10.0. The van der Waals surface area contributed by atoms with Crippen molar-refractivity contribution < 1.29 is 13.6 Å². The van der Waals surface area contributed by atoms with Crippen LogP contribution in [0.1, 0.15) is 58.9 Å². The van der Waals surface area contributed by atoms with E-state index in [9.17, 15) is 18.4 Å². The molecule has 0 atom stereocenters. The molecule has 4 aromatic rings. The van der Waals surface area contributed by atoms with Crippen LogP contribution in [0.15, 0.2) is 29.1 Å². The Bertz CT molecular complexity index is 1520. The average Bonchev–Trinajstić information content (AvgIpc) is 3.53. The van der Waals surface area contributed by atoms with Crippen LogP contribution >= 0.6 is 12.4 Å². The van der Waals surface area contributed by atoms with Crippen LogP contribution in [-0.4, -0.2) is 32.0 Å². The zero-order chi connectivity index (χ0) is 22.9. The molecule has 176 valence electrons. The molecule has 0 unspecified atom stereocenters. The van der Waals surface area contributed by atoms with E-state index in [0.717, 1.165) is 49.2 Å². The Balaban J connectivity index is 0.00000241. The Morgan fingerprint density at radius 1 is 1.09 bits per heavy atom.